The first kappa shape index (κ1) is 20.6. The second-order valence-electron chi connectivity index (χ2n) is 7.87. The van der Waals surface area contributed by atoms with Crippen molar-refractivity contribution in [3.8, 4) is 5.75 Å². The van der Waals surface area contributed by atoms with E-state index in [2.05, 4.69) is 35.2 Å². The molecule has 1 aliphatic heterocycles. The van der Waals surface area contributed by atoms with E-state index in [1.165, 1.54) is 19.3 Å². The summed E-state index contributed by atoms with van der Waals surface area (Å²) < 4.78 is 5.61. The van der Waals surface area contributed by atoms with Crippen LogP contribution >= 0.6 is 0 Å². The summed E-state index contributed by atoms with van der Waals surface area (Å²) in [5, 5.41) is 0. The maximum absolute atomic E-state index is 13.5. The number of ether oxygens (including phenoxy) is 1. The minimum atomic E-state index is -0.512. The van der Waals surface area contributed by atoms with Gasteiger partial charge < -0.3 is 9.64 Å². The van der Waals surface area contributed by atoms with Crippen LogP contribution in [0.3, 0.4) is 0 Å². The predicted octanol–water partition coefficient (Wildman–Crippen LogP) is 5.03. The van der Waals surface area contributed by atoms with Gasteiger partial charge in [0.15, 0.2) is 0 Å². The second kappa shape index (κ2) is 9.88. The highest BCUT2D eigenvalue weighted by molar-refractivity contribution is 5.90. The number of piperidine rings is 1. The number of hydrogen-bond donors (Lipinski definition) is 0. The molecule has 0 N–H and O–H groups in total. The molecule has 0 spiro atoms. The van der Waals surface area contributed by atoms with Crippen LogP contribution in [0.4, 0.5) is 0 Å². The van der Waals surface area contributed by atoms with E-state index in [-0.39, 0.29) is 0 Å². The van der Waals surface area contributed by atoms with Gasteiger partial charge in [-0.2, -0.15) is 0 Å². The van der Waals surface area contributed by atoms with Crippen LogP contribution in [-0.4, -0.2) is 37.4 Å². The molecule has 3 heteroatoms. The Balaban J connectivity index is 1.98. The van der Waals surface area contributed by atoms with Crippen molar-refractivity contribution in [2.24, 2.45) is 0 Å². The molecule has 0 amide bonds. The van der Waals surface area contributed by atoms with Gasteiger partial charge in [-0.15, -0.1) is 0 Å². The number of benzene rings is 2. The maximum Gasteiger partial charge on any atom is 0.143 e. The molecule has 28 heavy (non-hydrogen) atoms. The summed E-state index contributed by atoms with van der Waals surface area (Å²) in [6.07, 6.45) is 5.95. The van der Waals surface area contributed by atoms with Gasteiger partial charge in [-0.25, -0.2) is 0 Å². The van der Waals surface area contributed by atoms with Crippen LogP contribution in [-0.2, 0) is 16.6 Å². The predicted molar refractivity (Wildman–Crippen MR) is 115 cm³/mol. The van der Waals surface area contributed by atoms with Gasteiger partial charge in [-0.05, 0) is 62.5 Å². The van der Waals surface area contributed by atoms with Crippen molar-refractivity contribution in [3.63, 3.8) is 0 Å². The van der Waals surface area contributed by atoms with Crippen molar-refractivity contribution in [3.05, 3.63) is 65.7 Å². The van der Waals surface area contributed by atoms with Crippen LogP contribution in [0, 0.1) is 0 Å². The highest BCUT2D eigenvalue weighted by Crippen LogP contribution is 2.37. The van der Waals surface area contributed by atoms with Gasteiger partial charge in [0.1, 0.15) is 11.5 Å². The summed E-state index contributed by atoms with van der Waals surface area (Å²) in [4.78, 5) is 16.0. The highest BCUT2D eigenvalue weighted by Gasteiger charge is 2.39. The molecule has 0 aromatic heterocycles. The molecule has 1 atom stereocenters. The van der Waals surface area contributed by atoms with E-state index in [0.29, 0.717) is 18.6 Å². The number of methoxy groups -OCH3 is 1. The number of para-hydroxylation sites is 1. The number of carbonyl (C=O) groups is 1. The molecule has 3 rings (SSSR count). The van der Waals surface area contributed by atoms with E-state index < -0.39 is 5.41 Å². The molecule has 0 bridgehead atoms. The summed E-state index contributed by atoms with van der Waals surface area (Å²) in [5.74, 6) is 1.19. The number of carbonyl (C=O) groups excluding carboxylic acids is 1. The first-order valence-electron chi connectivity index (χ1n) is 10.6. The van der Waals surface area contributed by atoms with Crippen molar-refractivity contribution in [1.82, 2.24) is 4.90 Å². The first-order chi connectivity index (χ1) is 13.7. The lowest BCUT2D eigenvalue weighted by atomic mass is 9.69. The molecule has 2 aromatic carbocycles. The molecule has 3 nitrogen and oxygen atoms in total. The molecular formula is C25H33NO2. The van der Waals surface area contributed by atoms with Crippen molar-refractivity contribution in [2.45, 2.75) is 50.9 Å². The molecule has 150 valence electrons. The standard InChI is InChI=1S/C25H33NO2/c1-3-24(27)25(22-13-6-4-7-14-22,16-19-26-17-10-5-11-18-26)20-21-12-8-9-15-23(21)28-2/h4,6-9,12-15H,3,5,10-11,16-20H2,1-2H3. The lowest BCUT2D eigenvalue weighted by molar-refractivity contribution is -0.124. The quantitative estimate of drug-likeness (QED) is 0.612. The van der Waals surface area contributed by atoms with Gasteiger partial charge in [0.2, 0.25) is 0 Å². The van der Waals surface area contributed by atoms with Gasteiger partial charge in [0.25, 0.3) is 0 Å². The third-order valence-electron chi connectivity index (χ3n) is 6.17. The van der Waals surface area contributed by atoms with Gasteiger partial charge in [0, 0.05) is 6.42 Å². The maximum atomic E-state index is 13.5. The largest absolute Gasteiger partial charge is 0.496 e. The van der Waals surface area contributed by atoms with E-state index in [1.807, 2.05) is 31.2 Å². The Morgan fingerprint density at radius 1 is 1.00 bits per heavy atom. The molecule has 1 heterocycles. The molecule has 1 fully saturated rings. The number of nitrogens with zero attached hydrogens (tertiary/aromatic N) is 1. The van der Waals surface area contributed by atoms with Crippen molar-refractivity contribution < 1.29 is 9.53 Å². The van der Waals surface area contributed by atoms with Crippen LogP contribution in [0.5, 0.6) is 5.75 Å². The Morgan fingerprint density at radius 3 is 2.36 bits per heavy atom. The third-order valence-corrected chi connectivity index (χ3v) is 6.17. The van der Waals surface area contributed by atoms with E-state index in [0.717, 1.165) is 42.9 Å². The summed E-state index contributed by atoms with van der Waals surface area (Å²) >= 11 is 0. The molecule has 1 unspecified atom stereocenters. The number of rotatable bonds is 9. The molecular weight excluding hydrogens is 346 g/mol. The average Bonchev–Trinajstić information content (AvgIpc) is 2.77. The van der Waals surface area contributed by atoms with Gasteiger partial charge in [0.05, 0.1) is 12.5 Å². The fraction of sp³-hybridized carbons (Fsp3) is 0.480. The number of likely N-dealkylation sites (tertiary alicyclic amines) is 1. The van der Waals surface area contributed by atoms with E-state index in [9.17, 15) is 4.79 Å². The Bertz CT molecular complexity index is 752. The molecule has 0 saturated carbocycles. The Kier molecular flexibility index (Phi) is 7.27. The van der Waals surface area contributed by atoms with Crippen LogP contribution in [0.15, 0.2) is 54.6 Å². The second-order valence-corrected chi connectivity index (χ2v) is 7.87. The smallest absolute Gasteiger partial charge is 0.143 e. The molecule has 2 aromatic rings. The average molecular weight is 380 g/mol. The summed E-state index contributed by atoms with van der Waals surface area (Å²) in [6, 6.07) is 18.5. The van der Waals surface area contributed by atoms with Crippen molar-refractivity contribution >= 4 is 5.78 Å². The van der Waals surface area contributed by atoms with E-state index in [4.69, 9.17) is 4.74 Å². The molecule has 0 aliphatic carbocycles. The lowest BCUT2D eigenvalue weighted by Crippen LogP contribution is -2.42. The minimum absolute atomic E-state index is 0.321. The van der Waals surface area contributed by atoms with Crippen LogP contribution in [0.25, 0.3) is 0 Å². The Hall–Kier alpha value is -2.13. The molecule has 0 radical (unpaired) electrons. The minimum Gasteiger partial charge on any atom is -0.496 e. The summed E-state index contributed by atoms with van der Waals surface area (Å²) in [7, 11) is 1.71. The van der Waals surface area contributed by atoms with Crippen LogP contribution in [0.2, 0.25) is 0 Å². The third kappa shape index (κ3) is 4.64. The fourth-order valence-electron chi connectivity index (χ4n) is 4.54. The Labute approximate surface area is 169 Å². The van der Waals surface area contributed by atoms with Crippen LogP contribution in [0.1, 0.15) is 50.2 Å². The zero-order chi connectivity index (χ0) is 19.8. The van der Waals surface area contributed by atoms with E-state index >= 15 is 0 Å². The van der Waals surface area contributed by atoms with Crippen LogP contribution < -0.4 is 4.74 Å². The normalized spacial score (nSPS) is 17.1. The zero-order valence-electron chi connectivity index (χ0n) is 17.3. The van der Waals surface area contributed by atoms with Crippen molar-refractivity contribution in [2.75, 3.05) is 26.7 Å². The number of hydrogen-bond acceptors (Lipinski definition) is 3. The SMILES string of the molecule is CCC(=O)C(CCN1CCCCC1)(Cc1ccccc1OC)c1ccccc1. The van der Waals surface area contributed by atoms with Gasteiger partial charge in [-0.1, -0.05) is 61.9 Å². The first-order valence-corrected chi connectivity index (χ1v) is 10.6. The van der Waals surface area contributed by atoms with Gasteiger partial charge >= 0.3 is 0 Å². The van der Waals surface area contributed by atoms with Crippen molar-refractivity contribution in [1.29, 1.82) is 0 Å². The molecule has 1 aliphatic rings. The highest BCUT2D eigenvalue weighted by atomic mass is 16.5. The summed E-state index contributed by atoms with van der Waals surface area (Å²) in [5.41, 5.74) is 1.72. The number of Topliss-reactive ketones (excluding diaryl/α,β-unsaturated/α-hetero) is 1. The fourth-order valence-corrected chi connectivity index (χ4v) is 4.54. The summed E-state index contributed by atoms with van der Waals surface area (Å²) in [6.45, 7) is 5.26. The lowest BCUT2D eigenvalue weighted by Gasteiger charge is -2.36. The Morgan fingerprint density at radius 2 is 1.68 bits per heavy atom. The van der Waals surface area contributed by atoms with E-state index in [1.54, 1.807) is 7.11 Å². The topological polar surface area (TPSA) is 29.5 Å². The van der Waals surface area contributed by atoms with Gasteiger partial charge in [-0.3, -0.25) is 4.79 Å². The number of ketones is 1. The molecule has 1 saturated heterocycles. The monoisotopic (exact) mass is 379 g/mol. The zero-order valence-corrected chi connectivity index (χ0v) is 17.3.